The summed E-state index contributed by atoms with van der Waals surface area (Å²) in [6.07, 6.45) is 18.4. The van der Waals surface area contributed by atoms with Crippen LogP contribution in [0.5, 0.6) is 0 Å². The molecule has 4 saturated carbocycles. The normalized spacial score (nSPS) is 47.5. The third kappa shape index (κ3) is 2.63. The molecule has 0 aliphatic heterocycles. The summed E-state index contributed by atoms with van der Waals surface area (Å²) in [6, 6.07) is 0. The van der Waals surface area contributed by atoms with Gasteiger partial charge in [0.25, 0.3) is 0 Å². The van der Waals surface area contributed by atoms with Gasteiger partial charge in [0.05, 0.1) is 0 Å². The number of rotatable bonds is 4. The maximum absolute atomic E-state index is 11.0. The fourth-order valence-electron chi connectivity index (χ4n) is 8.12. The van der Waals surface area contributed by atoms with E-state index in [2.05, 4.69) is 6.92 Å². The quantitative estimate of drug-likeness (QED) is 0.681. The van der Waals surface area contributed by atoms with Crippen molar-refractivity contribution < 1.29 is 9.90 Å². The first kappa shape index (κ1) is 16.9. The van der Waals surface area contributed by atoms with Crippen LogP contribution in [-0.2, 0) is 4.79 Å². The van der Waals surface area contributed by atoms with Crippen molar-refractivity contribution in [3.8, 4) is 0 Å². The van der Waals surface area contributed by atoms with Gasteiger partial charge < -0.3 is 5.11 Å². The van der Waals surface area contributed by atoms with Crippen LogP contribution in [0.15, 0.2) is 0 Å². The number of carboxylic acid groups (broad SMARTS) is 1. The standard InChI is InChI=1S/C22H36O2/c1-21-12-3-2-6-16(21)9-10-17-18(21)11-15-22(13-4-7-19(17)22)14-5-8-20(23)24/h16-19H,2-15H2,1H3,(H,23,24)/t16?,17-,18+,19+,21+,22-/m1/s1. The van der Waals surface area contributed by atoms with Gasteiger partial charge in [0.15, 0.2) is 0 Å². The zero-order chi connectivity index (χ0) is 16.8. The van der Waals surface area contributed by atoms with Gasteiger partial charge in [-0.25, -0.2) is 0 Å². The molecule has 0 amide bonds. The average Bonchev–Trinajstić information content (AvgIpc) is 2.98. The van der Waals surface area contributed by atoms with Crippen LogP contribution in [-0.4, -0.2) is 11.1 Å². The third-order valence-electron chi connectivity index (χ3n) is 9.17. The Balaban J connectivity index is 1.52. The number of hydrogen-bond acceptors (Lipinski definition) is 1. The topological polar surface area (TPSA) is 37.3 Å². The van der Waals surface area contributed by atoms with E-state index in [9.17, 15) is 4.79 Å². The van der Waals surface area contributed by atoms with Crippen molar-refractivity contribution in [1.82, 2.24) is 0 Å². The van der Waals surface area contributed by atoms with Crippen molar-refractivity contribution in [2.24, 2.45) is 34.5 Å². The second-order valence-corrected chi connectivity index (χ2v) is 9.94. The van der Waals surface area contributed by atoms with Crippen LogP contribution < -0.4 is 0 Å². The molecule has 4 fully saturated rings. The van der Waals surface area contributed by atoms with Gasteiger partial charge in [0, 0.05) is 6.42 Å². The van der Waals surface area contributed by atoms with E-state index in [-0.39, 0.29) is 0 Å². The van der Waals surface area contributed by atoms with Crippen molar-refractivity contribution in [2.75, 3.05) is 0 Å². The number of aliphatic carboxylic acids is 1. The van der Waals surface area contributed by atoms with Crippen molar-refractivity contribution >= 4 is 5.97 Å². The van der Waals surface area contributed by atoms with Crippen LogP contribution in [0.3, 0.4) is 0 Å². The molecule has 4 aliphatic rings. The van der Waals surface area contributed by atoms with Crippen LogP contribution in [0.1, 0.15) is 96.8 Å². The van der Waals surface area contributed by atoms with Gasteiger partial charge >= 0.3 is 5.97 Å². The monoisotopic (exact) mass is 332 g/mol. The Morgan fingerprint density at radius 1 is 0.958 bits per heavy atom. The predicted octanol–water partition coefficient (Wildman–Crippen LogP) is 6.04. The molecule has 0 saturated heterocycles. The van der Waals surface area contributed by atoms with E-state index in [4.69, 9.17) is 5.11 Å². The molecule has 0 aromatic rings. The molecule has 0 radical (unpaired) electrons. The zero-order valence-electron chi connectivity index (χ0n) is 15.6. The summed E-state index contributed by atoms with van der Waals surface area (Å²) in [7, 11) is 0. The molecule has 0 heterocycles. The van der Waals surface area contributed by atoms with E-state index >= 15 is 0 Å². The Morgan fingerprint density at radius 3 is 2.67 bits per heavy atom. The summed E-state index contributed by atoms with van der Waals surface area (Å²) in [4.78, 5) is 11.0. The lowest BCUT2D eigenvalue weighted by atomic mass is 9.45. The Labute approximate surface area is 147 Å². The highest BCUT2D eigenvalue weighted by atomic mass is 16.4. The van der Waals surface area contributed by atoms with Gasteiger partial charge in [-0.05, 0) is 98.7 Å². The highest BCUT2D eigenvalue weighted by Crippen LogP contribution is 2.67. The summed E-state index contributed by atoms with van der Waals surface area (Å²) in [5, 5.41) is 9.03. The molecule has 24 heavy (non-hydrogen) atoms. The zero-order valence-corrected chi connectivity index (χ0v) is 15.6. The molecule has 2 nitrogen and oxygen atoms in total. The maximum atomic E-state index is 11.0. The molecule has 1 unspecified atom stereocenters. The maximum Gasteiger partial charge on any atom is 0.303 e. The molecule has 136 valence electrons. The lowest BCUT2D eigenvalue weighted by Gasteiger charge is -2.60. The van der Waals surface area contributed by atoms with E-state index in [1.54, 1.807) is 0 Å². The summed E-state index contributed by atoms with van der Waals surface area (Å²) in [5.74, 6) is 3.26. The summed E-state index contributed by atoms with van der Waals surface area (Å²) in [6.45, 7) is 2.65. The van der Waals surface area contributed by atoms with Crippen LogP contribution in [0, 0.1) is 34.5 Å². The van der Waals surface area contributed by atoms with Crippen LogP contribution in [0.25, 0.3) is 0 Å². The first-order valence-corrected chi connectivity index (χ1v) is 10.8. The molecule has 2 heteroatoms. The van der Waals surface area contributed by atoms with E-state index < -0.39 is 5.97 Å². The lowest BCUT2D eigenvalue weighted by Crippen LogP contribution is -2.52. The van der Waals surface area contributed by atoms with Crippen molar-refractivity contribution in [3.05, 3.63) is 0 Å². The Morgan fingerprint density at radius 2 is 1.83 bits per heavy atom. The summed E-state index contributed by atoms with van der Waals surface area (Å²) >= 11 is 0. The average molecular weight is 333 g/mol. The second kappa shape index (κ2) is 6.32. The third-order valence-corrected chi connectivity index (χ3v) is 9.17. The van der Waals surface area contributed by atoms with Crippen LogP contribution >= 0.6 is 0 Å². The van der Waals surface area contributed by atoms with Gasteiger partial charge in [-0.3, -0.25) is 4.79 Å². The van der Waals surface area contributed by atoms with Gasteiger partial charge in [-0.1, -0.05) is 26.2 Å². The fourth-order valence-corrected chi connectivity index (χ4v) is 8.12. The largest absolute Gasteiger partial charge is 0.481 e. The van der Waals surface area contributed by atoms with E-state index in [1.807, 2.05) is 0 Å². The fraction of sp³-hybridized carbons (Fsp3) is 0.955. The molecule has 0 aromatic carbocycles. The molecule has 0 aromatic heterocycles. The first-order valence-electron chi connectivity index (χ1n) is 10.8. The number of hydrogen-bond donors (Lipinski definition) is 1. The minimum atomic E-state index is -0.607. The van der Waals surface area contributed by atoms with Crippen molar-refractivity contribution in [1.29, 1.82) is 0 Å². The van der Waals surface area contributed by atoms with Gasteiger partial charge in [-0.15, -0.1) is 0 Å². The first-order chi connectivity index (χ1) is 11.6. The minimum Gasteiger partial charge on any atom is -0.481 e. The van der Waals surface area contributed by atoms with Crippen molar-refractivity contribution in [2.45, 2.75) is 96.8 Å². The van der Waals surface area contributed by atoms with Gasteiger partial charge in [-0.2, -0.15) is 0 Å². The SMILES string of the molecule is C[C@]12CCCCC1CC[C@H]1[C@@H]3CCC[C@@]3(CCCC(=O)O)CC[C@@H]12. The predicted molar refractivity (Wildman–Crippen MR) is 96.8 cm³/mol. The molecule has 4 aliphatic carbocycles. The highest BCUT2D eigenvalue weighted by Gasteiger charge is 2.58. The Hall–Kier alpha value is -0.530. The highest BCUT2D eigenvalue weighted by molar-refractivity contribution is 5.66. The van der Waals surface area contributed by atoms with Crippen LogP contribution in [0.4, 0.5) is 0 Å². The molecule has 6 atom stereocenters. The molecule has 4 rings (SSSR count). The van der Waals surface area contributed by atoms with E-state index in [1.165, 1.54) is 77.0 Å². The Bertz CT molecular complexity index is 486. The number of carbonyl (C=O) groups is 1. The molecule has 1 N–H and O–H groups in total. The molecular formula is C22H36O2. The molecule has 0 bridgehead atoms. The van der Waals surface area contributed by atoms with Crippen LogP contribution in [0.2, 0.25) is 0 Å². The molecular weight excluding hydrogens is 296 g/mol. The summed E-state index contributed by atoms with van der Waals surface area (Å²) in [5.41, 5.74) is 1.16. The van der Waals surface area contributed by atoms with Crippen molar-refractivity contribution in [3.63, 3.8) is 0 Å². The van der Waals surface area contributed by atoms with Gasteiger partial charge in [0.2, 0.25) is 0 Å². The smallest absolute Gasteiger partial charge is 0.303 e. The lowest BCUT2D eigenvalue weighted by molar-refractivity contribution is -0.137. The summed E-state index contributed by atoms with van der Waals surface area (Å²) < 4.78 is 0. The van der Waals surface area contributed by atoms with Gasteiger partial charge in [0.1, 0.15) is 0 Å². The van der Waals surface area contributed by atoms with E-state index in [0.717, 1.165) is 30.1 Å². The van der Waals surface area contributed by atoms with E-state index in [0.29, 0.717) is 17.3 Å². The second-order valence-electron chi connectivity index (χ2n) is 9.94. The number of carboxylic acids is 1. The molecule has 0 spiro atoms. The Kier molecular flexibility index (Phi) is 4.46. The minimum absolute atomic E-state index is 0.377. The number of fused-ring (bicyclic) bond motifs is 5.